The normalized spacial score (nSPS) is 14.3. The van der Waals surface area contributed by atoms with E-state index < -0.39 is 4.92 Å². The minimum Gasteiger partial charge on any atom is -0.332 e. The average Bonchev–Trinajstić information content (AvgIpc) is 2.26. The van der Waals surface area contributed by atoms with E-state index >= 15 is 0 Å². The van der Waals surface area contributed by atoms with Gasteiger partial charge in [0.05, 0.1) is 4.92 Å². The molecule has 0 aromatic heterocycles. The smallest absolute Gasteiger partial charge is 0.271 e. The Kier molecular flexibility index (Phi) is 4.06. The Morgan fingerprint density at radius 2 is 2.16 bits per heavy atom. The van der Waals surface area contributed by atoms with Crippen molar-refractivity contribution in [3.8, 4) is 0 Å². The first-order chi connectivity index (χ1) is 9.06. The summed E-state index contributed by atoms with van der Waals surface area (Å²) in [4.78, 5) is 21.8. The van der Waals surface area contributed by atoms with Crippen molar-refractivity contribution >= 4 is 34.6 Å². The standard InChI is InChI=1S/C12H13N3O3S/c16-11(8-3-1-4-8)14-12(19)13-9-5-2-6-10(7-9)15(17)18/h2,5-8H,1,3-4H2,(H2,13,14,16,19). The average molecular weight is 279 g/mol. The fourth-order valence-electron chi connectivity index (χ4n) is 1.74. The molecule has 2 N–H and O–H groups in total. The number of amides is 1. The second-order valence-corrected chi connectivity index (χ2v) is 4.79. The van der Waals surface area contributed by atoms with Crippen molar-refractivity contribution in [2.24, 2.45) is 5.92 Å². The maximum atomic E-state index is 11.7. The lowest BCUT2D eigenvalue weighted by atomic mass is 9.85. The molecular weight excluding hydrogens is 266 g/mol. The summed E-state index contributed by atoms with van der Waals surface area (Å²) in [6.07, 6.45) is 2.86. The van der Waals surface area contributed by atoms with Gasteiger partial charge in [0.2, 0.25) is 5.91 Å². The van der Waals surface area contributed by atoms with Crippen molar-refractivity contribution in [3.05, 3.63) is 34.4 Å². The van der Waals surface area contributed by atoms with Crippen LogP contribution < -0.4 is 10.6 Å². The molecule has 1 aliphatic carbocycles. The summed E-state index contributed by atoms with van der Waals surface area (Å²) in [5.41, 5.74) is 0.450. The van der Waals surface area contributed by atoms with Gasteiger partial charge < -0.3 is 10.6 Å². The molecule has 1 amide bonds. The van der Waals surface area contributed by atoms with Crippen LogP contribution in [0.25, 0.3) is 0 Å². The van der Waals surface area contributed by atoms with E-state index in [0.717, 1.165) is 19.3 Å². The monoisotopic (exact) mass is 279 g/mol. The second kappa shape index (κ2) is 5.75. The summed E-state index contributed by atoms with van der Waals surface area (Å²) in [7, 11) is 0. The molecule has 0 unspecified atom stereocenters. The Hall–Kier alpha value is -2.02. The molecule has 2 rings (SSSR count). The first kappa shape index (κ1) is 13.4. The number of rotatable bonds is 3. The lowest BCUT2D eigenvalue weighted by Gasteiger charge is -2.24. The third-order valence-corrected chi connectivity index (χ3v) is 3.23. The van der Waals surface area contributed by atoms with Gasteiger partial charge in [0.25, 0.3) is 5.69 Å². The second-order valence-electron chi connectivity index (χ2n) is 4.38. The van der Waals surface area contributed by atoms with E-state index in [1.54, 1.807) is 12.1 Å². The van der Waals surface area contributed by atoms with E-state index in [9.17, 15) is 14.9 Å². The predicted octanol–water partition coefficient (Wildman–Crippen LogP) is 2.21. The fourth-order valence-corrected chi connectivity index (χ4v) is 1.96. The Balaban J connectivity index is 1.92. The molecule has 19 heavy (non-hydrogen) atoms. The molecule has 0 spiro atoms. The highest BCUT2D eigenvalue weighted by Crippen LogP contribution is 2.26. The Morgan fingerprint density at radius 3 is 2.74 bits per heavy atom. The Labute approximate surface area is 115 Å². The van der Waals surface area contributed by atoms with Crippen molar-refractivity contribution in [1.82, 2.24) is 5.32 Å². The van der Waals surface area contributed by atoms with Crippen LogP contribution in [0.1, 0.15) is 19.3 Å². The SMILES string of the molecule is O=C(NC(=S)Nc1cccc([N+](=O)[O-])c1)C1CCC1. The molecule has 0 atom stereocenters. The number of thiocarbonyl (C=S) groups is 1. The highest BCUT2D eigenvalue weighted by Gasteiger charge is 2.25. The molecule has 100 valence electrons. The molecule has 0 heterocycles. The largest absolute Gasteiger partial charge is 0.332 e. The van der Waals surface area contributed by atoms with Crippen molar-refractivity contribution in [1.29, 1.82) is 0 Å². The molecule has 1 aliphatic rings. The molecule has 1 saturated carbocycles. The summed E-state index contributed by atoms with van der Waals surface area (Å²) in [5.74, 6) is -0.0426. The minimum absolute atomic E-state index is 0.0295. The number of benzene rings is 1. The lowest BCUT2D eigenvalue weighted by Crippen LogP contribution is -2.40. The number of nitrogens with one attached hydrogen (secondary N) is 2. The zero-order valence-electron chi connectivity index (χ0n) is 10.1. The highest BCUT2D eigenvalue weighted by molar-refractivity contribution is 7.80. The molecule has 7 heteroatoms. The zero-order valence-corrected chi connectivity index (χ0v) is 10.9. The van der Waals surface area contributed by atoms with Crippen LogP contribution in [0.15, 0.2) is 24.3 Å². The van der Waals surface area contributed by atoms with Gasteiger partial charge >= 0.3 is 0 Å². The van der Waals surface area contributed by atoms with Gasteiger partial charge in [-0.1, -0.05) is 12.5 Å². The van der Waals surface area contributed by atoms with Crippen LogP contribution in [0.5, 0.6) is 0 Å². The van der Waals surface area contributed by atoms with Gasteiger partial charge in [-0.3, -0.25) is 14.9 Å². The molecule has 0 bridgehead atoms. The number of non-ortho nitro benzene ring substituents is 1. The van der Waals surface area contributed by atoms with Gasteiger partial charge in [0.15, 0.2) is 5.11 Å². The first-order valence-electron chi connectivity index (χ1n) is 5.92. The van der Waals surface area contributed by atoms with Gasteiger partial charge in [-0.25, -0.2) is 0 Å². The van der Waals surface area contributed by atoms with E-state index in [0.29, 0.717) is 5.69 Å². The number of hydrogen-bond donors (Lipinski definition) is 2. The Bertz CT molecular complexity index is 529. The summed E-state index contributed by atoms with van der Waals surface area (Å²) >= 11 is 5.00. The van der Waals surface area contributed by atoms with Crippen LogP contribution in [0.4, 0.5) is 11.4 Å². The van der Waals surface area contributed by atoms with E-state index in [4.69, 9.17) is 12.2 Å². The van der Waals surface area contributed by atoms with E-state index in [1.165, 1.54) is 12.1 Å². The van der Waals surface area contributed by atoms with Crippen LogP contribution >= 0.6 is 12.2 Å². The van der Waals surface area contributed by atoms with Gasteiger partial charge in [0, 0.05) is 23.7 Å². The van der Waals surface area contributed by atoms with Gasteiger partial charge in [-0.2, -0.15) is 0 Å². The first-order valence-corrected chi connectivity index (χ1v) is 6.33. The molecular formula is C12H13N3O3S. The predicted molar refractivity (Wildman–Crippen MR) is 74.8 cm³/mol. The van der Waals surface area contributed by atoms with Crippen molar-refractivity contribution in [2.45, 2.75) is 19.3 Å². The number of carbonyl (C=O) groups is 1. The van der Waals surface area contributed by atoms with E-state index in [1.807, 2.05) is 0 Å². The number of nitro benzene ring substituents is 1. The molecule has 0 radical (unpaired) electrons. The van der Waals surface area contributed by atoms with Crippen LogP contribution in [0, 0.1) is 16.0 Å². The molecule has 1 aromatic carbocycles. The lowest BCUT2D eigenvalue weighted by molar-refractivity contribution is -0.384. The molecule has 0 saturated heterocycles. The molecule has 6 nitrogen and oxygen atoms in total. The third-order valence-electron chi connectivity index (χ3n) is 3.03. The third kappa shape index (κ3) is 3.47. The number of carbonyl (C=O) groups excluding carboxylic acids is 1. The number of anilines is 1. The van der Waals surface area contributed by atoms with Gasteiger partial charge in [0.1, 0.15) is 0 Å². The molecule has 1 aromatic rings. The van der Waals surface area contributed by atoms with Crippen LogP contribution in [0.2, 0.25) is 0 Å². The maximum absolute atomic E-state index is 11.7. The van der Waals surface area contributed by atoms with Crippen molar-refractivity contribution in [2.75, 3.05) is 5.32 Å². The Morgan fingerprint density at radius 1 is 1.42 bits per heavy atom. The fraction of sp³-hybridized carbons (Fsp3) is 0.333. The number of nitrogens with zero attached hydrogens (tertiary/aromatic N) is 1. The van der Waals surface area contributed by atoms with Crippen LogP contribution in [-0.4, -0.2) is 15.9 Å². The summed E-state index contributed by atoms with van der Waals surface area (Å²) < 4.78 is 0. The number of hydrogen-bond acceptors (Lipinski definition) is 4. The summed E-state index contributed by atoms with van der Waals surface area (Å²) in [6.45, 7) is 0. The van der Waals surface area contributed by atoms with Crippen LogP contribution in [-0.2, 0) is 4.79 Å². The quantitative estimate of drug-likeness (QED) is 0.503. The maximum Gasteiger partial charge on any atom is 0.271 e. The van der Waals surface area contributed by atoms with Gasteiger partial charge in [-0.15, -0.1) is 0 Å². The zero-order chi connectivity index (χ0) is 13.8. The molecule has 1 fully saturated rings. The minimum atomic E-state index is -0.485. The van der Waals surface area contributed by atoms with Gasteiger partial charge in [-0.05, 0) is 31.1 Å². The highest BCUT2D eigenvalue weighted by atomic mass is 32.1. The van der Waals surface area contributed by atoms with Crippen molar-refractivity contribution in [3.63, 3.8) is 0 Å². The topological polar surface area (TPSA) is 84.3 Å². The van der Waals surface area contributed by atoms with E-state index in [2.05, 4.69) is 10.6 Å². The van der Waals surface area contributed by atoms with Crippen molar-refractivity contribution < 1.29 is 9.72 Å². The molecule has 0 aliphatic heterocycles. The number of nitro groups is 1. The van der Waals surface area contributed by atoms with E-state index in [-0.39, 0.29) is 22.6 Å². The summed E-state index contributed by atoms with van der Waals surface area (Å²) in [6, 6.07) is 5.95. The summed E-state index contributed by atoms with van der Waals surface area (Å²) in [5, 5.41) is 16.1. The van der Waals surface area contributed by atoms with Crippen LogP contribution in [0.3, 0.4) is 0 Å².